The number of anilines is 1. The van der Waals surface area contributed by atoms with Crippen molar-refractivity contribution in [2.75, 3.05) is 33.3 Å². The highest BCUT2D eigenvalue weighted by molar-refractivity contribution is 6.34. The third kappa shape index (κ3) is 5.20. The fourth-order valence-electron chi connectivity index (χ4n) is 4.57. The van der Waals surface area contributed by atoms with Crippen molar-refractivity contribution in [3.05, 3.63) is 76.3 Å². The quantitative estimate of drug-likeness (QED) is 0.409. The van der Waals surface area contributed by atoms with Gasteiger partial charge in [-0.3, -0.25) is 9.59 Å². The normalized spacial score (nSPS) is 16.9. The number of halogens is 1. The lowest BCUT2D eigenvalue weighted by Crippen LogP contribution is -2.40. The number of carbonyl (C=O) groups excluding carboxylic acids is 1. The van der Waals surface area contributed by atoms with Gasteiger partial charge in [0.25, 0.3) is 5.91 Å². The van der Waals surface area contributed by atoms with Gasteiger partial charge in [-0.05, 0) is 24.3 Å². The molecule has 1 N–H and O–H groups in total. The van der Waals surface area contributed by atoms with E-state index in [0.29, 0.717) is 50.4 Å². The Labute approximate surface area is 225 Å². The lowest BCUT2D eigenvalue weighted by molar-refractivity contribution is -0.147. The maximum atomic E-state index is 13.9. The average Bonchev–Trinajstić information content (AvgIpc) is 3.03. The number of carboxylic acid groups (broad SMARTS) is 1. The summed E-state index contributed by atoms with van der Waals surface area (Å²) >= 11 is 6.73. The maximum absolute atomic E-state index is 13.9. The molecule has 0 aliphatic carbocycles. The number of fused-ring (bicyclic) bond motifs is 1. The van der Waals surface area contributed by atoms with Crippen molar-refractivity contribution in [1.82, 2.24) is 0 Å². The molecule has 38 heavy (non-hydrogen) atoms. The highest BCUT2D eigenvalue weighted by Crippen LogP contribution is 2.47. The molecule has 200 valence electrons. The van der Waals surface area contributed by atoms with Gasteiger partial charge in [-0.25, -0.2) is 0 Å². The Kier molecular flexibility index (Phi) is 8.29. The van der Waals surface area contributed by atoms with Gasteiger partial charge >= 0.3 is 5.97 Å². The van der Waals surface area contributed by atoms with Gasteiger partial charge in [0.05, 0.1) is 52.1 Å². The summed E-state index contributed by atoms with van der Waals surface area (Å²) in [6, 6.07) is 15.7. The van der Waals surface area contributed by atoms with Crippen LogP contribution >= 0.6 is 11.6 Å². The molecule has 1 aliphatic heterocycles. The van der Waals surface area contributed by atoms with E-state index in [1.165, 1.54) is 26.2 Å². The first kappa shape index (κ1) is 27.1. The van der Waals surface area contributed by atoms with Crippen LogP contribution in [0.25, 0.3) is 0 Å². The molecule has 1 heterocycles. The number of benzene rings is 3. The summed E-state index contributed by atoms with van der Waals surface area (Å²) < 4.78 is 28.2. The van der Waals surface area contributed by atoms with Crippen molar-refractivity contribution in [1.29, 1.82) is 0 Å². The molecule has 0 saturated heterocycles. The molecule has 1 amide bonds. The van der Waals surface area contributed by atoms with Crippen LogP contribution in [0.1, 0.15) is 29.2 Å². The molecule has 0 aromatic heterocycles. The van der Waals surface area contributed by atoms with Gasteiger partial charge < -0.3 is 33.7 Å². The molecule has 3 aromatic rings. The minimum absolute atomic E-state index is 0.0458. The molecule has 0 unspecified atom stereocenters. The first-order valence-corrected chi connectivity index (χ1v) is 12.1. The third-order valence-electron chi connectivity index (χ3n) is 6.31. The van der Waals surface area contributed by atoms with Crippen LogP contribution in [-0.4, -0.2) is 51.5 Å². The Hall–Kier alpha value is -3.95. The van der Waals surface area contributed by atoms with E-state index in [4.69, 9.17) is 35.3 Å². The van der Waals surface area contributed by atoms with Crippen LogP contribution in [-0.2, 0) is 20.9 Å². The largest absolute Gasteiger partial charge is 0.497 e. The van der Waals surface area contributed by atoms with Crippen LogP contribution in [0.15, 0.2) is 54.6 Å². The van der Waals surface area contributed by atoms with Crippen molar-refractivity contribution < 1.29 is 38.4 Å². The Bertz CT molecular complexity index is 1340. The van der Waals surface area contributed by atoms with Crippen molar-refractivity contribution in [3.63, 3.8) is 0 Å². The van der Waals surface area contributed by atoms with Gasteiger partial charge in [0.15, 0.2) is 11.5 Å². The summed E-state index contributed by atoms with van der Waals surface area (Å²) in [6.07, 6.45) is -2.75. The average molecular weight is 542 g/mol. The first-order chi connectivity index (χ1) is 18.3. The summed E-state index contributed by atoms with van der Waals surface area (Å²) in [6.45, 7) is 0.0458. The van der Waals surface area contributed by atoms with Crippen LogP contribution < -0.4 is 23.8 Å². The number of amides is 1. The minimum atomic E-state index is -1.32. The van der Waals surface area contributed by atoms with E-state index >= 15 is 0 Å². The second-order valence-corrected chi connectivity index (χ2v) is 8.87. The minimum Gasteiger partial charge on any atom is -0.497 e. The molecule has 3 aromatic carbocycles. The molecule has 0 bridgehead atoms. The smallest absolute Gasteiger partial charge is 0.306 e. The highest BCUT2D eigenvalue weighted by Gasteiger charge is 2.40. The zero-order valence-corrected chi connectivity index (χ0v) is 22.2. The van der Waals surface area contributed by atoms with Crippen molar-refractivity contribution in [3.8, 4) is 23.0 Å². The van der Waals surface area contributed by atoms with E-state index in [1.807, 2.05) is 0 Å². The summed E-state index contributed by atoms with van der Waals surface area (Å²) in [5, 5.41) is 9.95. The zero-order valence-electron chi connectivity index (χ0n) is 21.4. The zero-order chi connectivity index (χ0) is 27.4. The molecule has 10 heteroatoms. The van der Waals surface area contributed by atoms with Gasteiger partial charge in [-0.15, -0.1) is 0 Å². The van der Waals surface area contributed by atoms with Crippen molar-refractivity contribution in [2.45, 2.75) is 25.2 Å². The van der Waals surface area contributed by atoms with Crippen molar-refractivity contribution in [2.24, 2.45) is 0 Å². The Balaban J connectivity index is 1.92. The number of hydrogen-bond donors (Lipinski definition) is 1. The lowest BCUT2D eigenvalue weighted by atomic mass is 9.97. The topological polar surface area (TPSA) is 104 Å². The number of carbonyl (C=O) groups is 2. The molecule has 2 atom stereocenters. The Morgan fingerprint density at radius 3 is 2.32 bits per heavy atom. The van der Waals surface area contributed by atoms with Crippen LogP contribution in [0.4, 0.5) is 5.69 Å². The number of aliphatic carboxylic acids is 1. The second-order valence-electron chi connectivity index (χ2n) is 8.47. The van der Waals surface area contributed by atoms with E-state index in [1.54, 1.807) is 61.7 Å². The van der Waals surface area contributed by atoms with Gasteiger partial charge in [0.1, 0.15) is 23.7 Å². The predicted octanol–water partition coefficient (Wildman–Crippen LogP) is 4.87. The van der Waals surface area contributed by atoms with Gasteiger partial charge in [-0.2, -0.15) is 0 Å². The van der Waals surface area contributed by atoms with E-state index in [0.717, 1.165) is 0 Å². The molecule has 9 nitrogen and oxygen atoms in total. The number of ether oxygens (including phenoxy) is 5. The number of carboxylic acids is 1. The van der Waals surface area contributed by atoms with E-state index in [9.17, 15) is 14.7 Å². The summed E-state index contributed by atoms with van der Waals surface area (Å²) in [5.74, 6) is 0.211. The molecule has 4 rings (SSSR count). The van der Waals surface area contributed by atoms with Crippen molar-refractivity contribution >= 4 is 29.2 Å². The highest BCUT2D eigenvalue weighted by atomic mass is 35.5. The molecule has 0 spiro atoms. The monoisotopic (exact) mass is 541 g/mol. The van der Waals surface area contributed by atoms with Crippen LogP contribution in [0.5, 0.6) is 23.0 Å². The van der Waals surface area contributed by atoms with Crippen LogP contribution in [0, 0.1) is 0 Å². The molecule has 0 saturated carbocycles. The molecular formula is C28H28ClNO8. The fourth-order valence-corrected chi connectivity index (χ4v) is 4.86. The van der Waals surface area contributed by atoms with E-state index in [-0.39, 0.29) is 6.54 Å². The van der Waals surface area contributed by atoms with Gasteiger partial charge in [0, 0.05) is 22.8 Å². The molecule has 0 radical (unpaired) electrons. The predicted molar refractivity (Wildman–Crippen MR) is 141 cm³/mol. The van der Waals surface area contributed by atoms with Gasteiger partial charge in [0.2, 0.25) is 0 Å². The third-order valence-corrected chi connectivity index (χ3v) is 6.62. The van der Waals surface area contributed by atoms with Crippen LogP contribution in [0.2, 0.25) is 5.02 Å². The van der Waals surface area contributed by atoms with Crippen LogP contribution in [0.3, 0.4) is 0 Å². The maximum Gasteiger partial charge on any atom is 0.306 e. The molecule has 1 aliphatic rings. The molecular weight excluding hydrogens is 514 g/mol. The number of hydrogen-bond acceptors (Lipinski definition) is 7. The number of nitrogens with zero attached hydrogens (tertiary/aromatic N) is 1. The summed E-state index contributed by atoms with van der Waals surface area (Å²) in [7, 11) is 6.08. The standard InChI is InChI=1S/C28H28ClNO8/c1-34-17-12-11-16(22(13-17)36-3)15-30-25-18(7-5-9-20(25)29)26(38-23(28(30)33)14-24(31)32)19-8-6-10-21(35-2)27(19)37-4/h5-13,23,26H,14-15H2,1-4H3,(H,31,32)/t23-,26+/m1/s1. The number of methoxy groups -OCH3 is 4. The number of rotatable bonds is 9. The Morgan fingerprint density at radius 2 is 1.66 bits per heavy atom. The SMILES string of the molecule is COc1ccc(CN2C(=O)[C@@H](CC(=O)O)O[C@H](c3cccc(OC)c3OC)c3cccc(Cl)c32)c(OC)c1. The second kappa shape index (κ2) is 11.6. The van der Waals surface area contributed by atoms with E-state index in [2.05, 4.69) is 0 Å². The summed E-state index contributed by atoms with van der Waals surface area (Å²) in [4.78, 5) is 27.2. The first-order valence-electron chi connectivity index (χ1n) is 11.7. The number of para-hydroxylation sites is 2. The fraction of sp³-hybridized carbons (Fsp3) is 0.286. The Morgan fingerprint density at radius 1 is 0.947 bits per heavy atom. The van der Waals surface area contributed by atoms with E-state index < -0.39 is 30.5 Å². The molecule has 0 fully saturated rings. The summed E-state index contributed by atoms with van der Waals surface area (Å²) in [5.41, 5.74) is 2.19. The van der Waals surface area contributed by atoms with Gasteiger partial charge in [-0.1, -0.05) is 35.9 Å². The lowest BCUT2D eigenvalue weighted by Gasteiger charge is -2.26.